The Morgan fingerprint density at radius 2 is 0.500 bits per heavy atom. The van der Waals surface area contributed by atoms with Crippen molar-refractivity contribution in [2.75, 3.05) is 0 Å². The molecule has 0 saturated carbocycles. The van der Waals surface area contributed by atoms with Gasteiger partial charge in [-0.2, -0.15) is 0 Å². The van der Waals surface area contributed by atoms with E-state index in [2.05, 4.69) is 84.9 Å². The van der Waals surface area contributed by atoms with E-state index in [0.29, 0.717) is 0 Å². The van der Waals surface area contributed by atoms with Gasteiger partial charge >= 0.3 is 0 Å². The summed E-state index contributed by atoms with van der Waals surface area (Å²) in [4.78, 5) is 0. The van der Waals surface area contributed by atoms with E-state index >= 15 is 0 Å². The smallest absolute Gasteiger partial charge is 0 e. The van der Waals surface area contributed by atoms with Crippen molar-refractivity contribution in [2.45, 2.75) is 0 Å². The summed E-state index contributed by atoms with van der Waals surface area (Å²) in [5, 5.41) is 10.4. The molecule has 0 nitrogen and oxygen atoms in total. The van der Waals surface area contributed by atoms with Gasteiger partial charge in [-0.15, -0.1) is 0 Å². The van der Waals surface area contributed by atoms with Crippen LogP contribution >= 0.6 is 0 Å². The van der Waals surface area contributed by atoms with Gasteiger partial charge in [0.15, 0.2) is 0 Å². The first-order valence-corrected chi connectivity index (χ1v) is 7.62. The normalized spacial score (nSPS) is 10.7. The number of hydrogen-bond donors (Lipinski definition) is 0. The van der Waals surface area contributed by atoms with Gasteiger partial charge in [0.1, 0.15) is 0 Å². The molecule has 0 aliphatic rings. The van der Waals surface area contributed by atoms with Crippen LogP contribution in [0, 0.1) is 0 Å². The summed E-state index contributed by atoms with van der Waals surface area (Å²) in [7, 11) is 0. The summed E-state index contributed by atoms with van der Waals surface area (Å²) in [6.07, 6.45) is 0. The molecule has 0 heterocycles. The van der Waals surface area contributed by atoms with Crippen LogP contribution in [-0.4, -0.2) is 0 Å². The van der Waals surface area contributed by atoms with Crippen LogP contribution in [0.2, 0.25) is 0 Å². The molecule has 0 aromatic heterocycles. The maximum absolute atomic E-state index is 2.31. The minimum Gasteiger partial charge on any atom is -0.0616 e. The van der Waals surface area contributed by atoms with Gasteiger partial charge in [0, 0.05) is 44.8 Å². The van der Waals surface area contributed by atoms with Gasteiger partial charge in [-0.3, -0.25) is 0 Å². The maximum Gasteiger partial charge on any atom is 0 e. The Morgan fingerprint density at radius 3 is 0.750 bits per heavy atom. The molecule has 0 aliphatic carbocycles. The molecule has 24 heavy (non-hydrogen) atoms. The zero-order valence-electron chi connectivity index (χ0n) is 12.7. The van der Waals surface area contributed by atoms with Gasteiger partial charge < -0.3 is 0 Å². The fourth-order valence-electron chi connectivity index (χ4n) is 3.39. The summed E-state index contributed by atoms with van der Waals surface area (Å²) < 4.78 is 0. The minimum absolute atomic E-state index is 0. The topological polar surface area (TPSA) is 0 Å². The van der Waals surface area contributed by atoms with E-state index in [-0.39, 0.29) is 44.8 Å². The van der Waals surface area contributed by atoms with Gasteiger partial charge in [-0.05, 0) is 79.5 Å². The van der Waals surface area contributed by atoms with Gasteiger partial charge in [0.25, 0.3) is 0 Å². The van der Waals surface area contributed by atoms with Gasteiger partial charge in [0.2, 0.25) is 0 Å². The Kier molecular flexibility index (Phi) is 4.98. The molecule has 5 aromatic rings. The number of hydrogen-bond acceptors (Lipinski definition) is 0. The standard InChI is InChI=1S/C22H14.2Ag/c1-2-6-16-10-20-14-22-12-18-8-4-3-7-17(18)11-21(22)13-19(20)9-15(16)5-1;;/h1-14H;;. The molecule has 2 radical (unpaired) electrons. The molecule has 0 atom stereocenters. The first-order chi connectivity index (χ1) is 10.9. The van der Waals surface area contributed by atoms with Crippen LogP contribution in [0.4, 0.5) is 0 Å². The quantitative estimate of drug-likeness (QED) is 0.175. The zero-order chi connectivity index (χ0) is 14.5. The van der Waals surface area contributed by atoms with Gasteiger partial charge in [-0.25, -0.2) is 0 Å². The molecule has 124 valence electrons. The van der Waals surface area contributed by atoms with Crippen LogP contribution < -0.4 is 0 Å². The largest absolute Gasteiger partial charge is 0.0616 e. The molecule has 5 rings (SSSR count). The van der Waals surface area contributed by atoms with E-state index in [0.717, 1.165) is 0 Å². The van der Waals surface area contributed by atoms with Gasteiger partial charge in [-0.1, -0.05) is 48.5 Å². The summed E-state index contributed by atoms with van der Waals surface area (Å²) in [5.41, 5.74) is 0. The van der Waals surface area contributed by atoms with E-state index in [4.69, 9.17) is 0 Å². The van der Waals surface area contributed by atoms with Crippen molar-refractivity contribution in [2.24, 2.45) is 0 Å². The molecule has 0 spiro atoms. The molecule has 0 bridgehead atoms. The third-order valence-electron chi connectivity index (χ3n) is 4.52. The molecule has 0 amide bonds. The molecular formula is C22H14Ag2. The molecule has 5 aromatic carbocycles. The van der Waals surface area contributed by atoms with Crippen LogP contribution in [0.15, 0.2) is 84.9 Å². The average molecular weight is 494 g/mol. The van der Waals surface area contributed by atoms with Crippen molar-refractivity contribution in [1.82, 2.24) is 0 Å². The SMILES string of the molecule is [Ag].[Ag].c1ccc2cc3cc4cc5ccccc5cc4cc3cc2c1. The number of fused-ring (bicyclic) bond motifs is 4. The van der Waals surface area contributed by atoms with Crippen LogP contribution in [0.3, 0.4) is 0 Å². The second-order valence-electron chi connectivity index (χ2n) is 5.95. The predicted octanol–water partition coefficient (Wildman–Crippen LogP) is 6.29. The van der Waals surface area contributed by atoms with Crippen molar-refractivity contribution in [3.05, 3.63) is 84.9 Å². The fraction of sp³-hybridized carbons (Fsp3) is 0. The monoisotopic (exact) mass is 492 g/mol. The van der Waals surface area contributed by atoms with Crippen LogP contribution in [-0.2, 0) is 44.8 Å². The molecule has 0 N–H and O–H groups in total. The van der Waals surface area contributed by atoms with Crippen LogP contribution in [0.25, 0.3) is 43.1 Å². The number of rotatable bonds is 0. The van der Waals surface area contributed by atoms with E-state index in [1.807, 2.05) is 0 Å². The minimum atomic E-state index is 0. The Hall–Kier alpha value is -1.38. The van der Waals surface area contributed by atoms with E-state index in [9.17, 15) is 0 Å². The van der Waals surface area contributed by atoms with Crippen molar-refractivity contribution >= 4 is 43.1 Å². The fourth-order valence-corrected chi connectivity index (χ4v) is 3.39. The molecule has 0 saturated heterocycles. The van der Waals surface area contributed by atoms with Gasteiger partial charge in [0.05, 0.1) is 0 Å². The number of benzene rings is 5. The second-order valence-corrected chi connectivity index (χ2v) is 5.95. The summed E-state index contributed by atoms with van der Waals surface area (Å²) in [6, 6.07) is 30.9. The zero-order valence-corrected chi connectivity index (χ0v) is 15.7. The summed E-state index contributed by atoms with van der Waals surface area (Å²) in [6.45, 7) is 0. The summed E-state index contributed by atoms with van der Waals surface area (Å²) in [5.74, 6) is 0. The molecular weight excluding hydrogens is 480 g/mol. The Labute approximate surface area is 171 Å². The predicted molar refractivity (Wildman–Crippen MR) is 96.5 cm³/mol. The second kappa shape index (κ2) is 6.86. The Balaban J connectivity index is 0.000000845. The Morgan fingerprint density at radius 1 is 0.292 bits per heavy atom. The molecule has 0 aliphatic heterocycles. The molecule has 0 unspecified atom stereocenters. The van der Waals surface area contributed by atoms with Crippen molar-refractivity contribution in [3.63, 3.8) is 0 Å². The van der Waals surface area contributed by atoms with E-state index < -0.39 is 0 Å². The molecule has 2 heteroatoms. The third kappa shape index (κ3) is 2.87. The van der Waals surface area contributed by atoms with E-state index in [1.165, 1.54) is 43.1 Å². The summed E-state index contributed by atoms with van der Waals surface area (Å²) >= 11 is 0. The van der Waals surface area contributed by atoms with Crippen molar-refractivity contribution < 1.29 is 44.8 Å². The maximum atomic E-state index is 2.31. The van der Waals surface area contributed by atoms with E-state index in [1.54, 1.807) is 0 Å². The third-order valence-corrected chi connectivity index (χ3v) is 4.52. The van der Waals surface area contributed by atoms with Crippen molar-refractivity contribution in [3.8, 4) is 0 Å². The first kappa shape index (κ1) is 17.4. The first-order valence-electron chi connectivity index (χ1n) is 7.62. The Bertz CT molecular complexity index is 992. The van der Waals surface area contributed by atoms with Crippen LogP contribution in [0.5, 0.6) is 0 Å². The molecule has 0 fully saturated rings. The van der Waals surface area contributed by atoms with Crippen molar-refractivity contribution in [1.29, 1.82) is 0 Å². The average Bonchev–Trinajstić information content (AvgIpc) is 2.56. The van der Waals surface area contributed by atoms with Crippen LogP contribution in [0.1, 0.15) is 0 Å².